The zero-order chi connectivity index (χ0) is 39.5. The Hall–Kier alpha value is -4.59. The van der Waals surface area contributed by atoms with Gasteiger partial charge in [-0.05, 0) is 69.8 Å². The summed E-state index contributed by atoms with van der Waals surface area (Å²) in [4.78, 5) is 34.4. The van der Waals surface area contributed by atoms with Crippen molar-refractivity contribution in [1.82, 2.24) is 15.5 Å². The molecule has 1 atom stereocenters. The van der Waals surface area contributed by atoms with Crippen LogP contribution in [0.4, 0.5) is 23.2 Å². The van der Waals surface area contributed by atoms with Gasteiger partial charge in [0.15, 0.2) is 22.6 Å². The maximum absolute atomic E-state index is 14.0. The van der Waals surface area contributed by atoms with E-state index in [1.165, 1.54) is 35.5 Å². The van der Waals surface area contributed by atoms with Crippen LogP contribution in [-0.2, 0) is 25.7 Å². The van der Waals surface area contributed by atoms with Crippen LogP contribution in [0.2, 0.25) is 0 Å². The number of nitrogens with one attached hydrogen (secondary N) is 2. The number of halogens is 4. The van der Waals surface area contributed by atoms with Crippen molar-refractivity contribution in [3.8, 4) is 0 Å². The molecule has 0 saturated heterocycles. The van der Waals surface area contributed by atoms with Crippen LogP contribution in [-0.4, -0.2) is 55.3 Å². The second-order valence-electron chi connectivity index (χ2n) is 9.49. The monoisotopic (exact) mass is 736 g/mol. The number of thioether (sulfide) groups is 1. The number of allylic oxidation sites excluding steroid dienone is 6. The highest BCUT2D eigenvalue weighted by atomic mass is 32.2. The molecule has 0 aliphatic carbocycles. The molecule has 2 aromatic rings. The summed E-state index contributed by atoms with van der Waals surface area (Å²) in [5, 5.41) is 5.38. The Balaban J connectivity index is -0.000000830. The lowest BCUT2D eigenvalue weighted by atomic mass is 10.2. The number of amidine groups is 1. The van der Waals surface area contributed by atoms with Crippen molar-refractivity contribution in [2.24, 2.45) is 4.99 Å². The summed E-state index contributed by atoms with van der Waals surface area (Å²) in [6.45, 7) is 19.9. The van der Waals surface area contributed by atoms with E-state index in [1.807, 2.05) is 60.6 Å². The molecule has 0 aliphatic rings. The van der Waals surface area contributed by atoms with Crippen LogP contribution in [0.5, 0.6) is 0 Å². The first-order valence-corrected chi connectivity index (χ1v) is 16.7. The Morgan fingerprint density at radius 1 is 1.06 bits per heavy atom. The van der Waals surface area contributed by atoms with Gasteiger partial charge < -0.3 is 14.8 Å². The molecular formula is C38H52F4N4O4S. The molecule has 2 N–H and O–H groups in total. The first kappa shape index (κ1) is 50.8. The first-order valence-electron chi connectivity index (χ1n) is 15.8. The highest BCUT2D eigenvalue weighted by molar-refractivity contribution is 8.14. The normalized spacial score (nSPS) is 11.3. The van der Waals surface area contributed by atoms with E-state index in [9.17, 15) is 27.2 Å². The van der Waals surface area contributed by atoms with Crippen LogP contribution in [0, 0.1) is 23.3 Å². The van der Waals surface area contributed by atoms with Gasteiger partial charge in [-0.15, -0.1) is 13.2 Å². The molecule has 2 aromatic carbocycles. The third kappa shape index (κ3) is 26.0. The number of rotatable bonds is 16. The number of benzene rings is 2. The summed E-state index contributed by atoms with van der Waals surface area (Å²) in [6.07, 6.45) is 15.6. The third-order valence-corrected chi connectivity index (χ3v) is 6.52. The van der Waals surface area contributed by atoms with Crippen LogP contribution in [0.25, 0.3) is 0 Å². The van der Waals surface area contributed by atoms with Crippen molar-refractivity contribution < 1.29 is 36.7 Å². The number of carbonyl (C=O) groups excluding carboxylic acids is 3. The number of hydrogen-bond donors (Lipinski definition) is 2. The van der Waals surface area contributed by atoms with E-state index in [0.29, 0.717) is 32.6 Å². The minimum atomic E-state index is -1.61. The van der Waals surface area contributed by atoms with Crippen molar-refractivity contribution in [2.45, 2.75) is 59.3 Å². The van der Waals surface area contributed by atoms with Gasteiger partial charge >= 0.3 is 0 Å². The fourth-order valence-corrected chi connectivity index (χ4v) is 4.20. The van der Waals surface area contributed by atoms with Crippen molar-refractivity contribution in [3.63, 3.8) is 0 Å². The third-order valence-electron chi connectivity index (χ3n) is 5.39. The van der Waals surface area contributed by atoms with E-state index in [0.717, 1.165) is 23.5 Å². The maximum atomic E-state index is 14.0. The number of amides is 2. The lowest BCUT2D eigenvalue weighted by molar-refractivity contribution is -0.115. The van der Waals surface area contributed by atoms with Crippen LogP contribution < -0.4 is 10.6 Å². The number of hydrogen-bond acceptors (Lipinski definition) is 7. The molecule has 8 nitrogen and oxygen atoms in total. The zero-order valence-electron chi connectivity index (χ0n) is 30.3. The van der Waals surface area contributed by atoms with Gasteiger partial charge in [-0.25, -0.2) is 22.6 Å². The first-order chi connectivity index (χ1) is 24.6. The standard InChI is InChI=1S/C20H18F4N2OS.C11H19NO.C4H7NO.C2H6.CH2O/c1-3-5-13(2)28-20(25-16-7-4-6-15(21)10-16)26(12-27)11-14-8-9-17(22)19(24)18(14)23;1-4-5-6-7-8-11(2)9-13-10-12-3;1-2-3-5-4-6;2*1-2/h3-4,6-10,12-13H,1,5,11H2,2H3;4,6-8,12H,1,5,9-10H2,2-3H3;2-4H,1H3,(H,5,6);1-2H3;1H2/b;7-6?,11-8+;3-2+;;. The average molecular weight is 737 g/mol. The van der Waals surface area contributed by atoms with Crippen molar-refractivity contribution >= 4 is 42.2 Å². The Bertz CT molecular complexity index is 1390. The molecule has 2 amide bonds. The number of aliphatic imine (C=N–C) groups is 1. The Morgan fingerprint density at radius 3 is 2.27 bits per heavy atom. The Labute approximate surface area is 305 Å². The molecule has 0 aromatic heterocycles. The van der Waals surface area contributed by atoms with E-state index in [1.54, 1.807) is 24.4 Å². The van der Waals surface area contributed by atoms with E-state index < -0.39 is 23.3 Å². The molecule has 1 unspecified atom stereocenters. The van der Waals surface area contributed by atoms with Crippen LogP contribution in [0.1, 0.15) is 53.0 Å². The second kappa shape index (κ2) is 35.2. The minimum absolute atomic E-state index is 0.0398. The van der Waals surface area contributed by atoms with Crippen LogP contribution in [0.3, 0.4) is 0 Å². The van der Waals surface area contributed by atoms with Gasteiger partial charge in [0, 0.05) is 10.8 Å². The summed E-state index contributed by atoms with van der Waals surface area (Å²) >= 11 is 1.20. The molecule has 13 heteroatoms. The number of nitrogens with zero attached hydrogens (tertiary/aromatic N) is 2. The predicted octanol–water partition coefficient (Wildman–Crippen LogP) is 8.95. The maximum Gasteiger partial charge on any atom is 0.216 e. The molecule has 0 spiro atoms. The SMILES string of the molecule is C/C=C/NC=O.C=CCC(C)SC(=Nc1cccc(F)c1)N(C=O)Cc1ccc(F)c(F)c1F.C=CCC=C/C=C(\C)COCNC.C=O.CC. The van der Waals surface area contributed by atoms with Crippen molar-refractivity contribution in [3.05, 3.63) is 127 Å². The molecule has 0 saturated carbocycles. The highest BCUT2D eigenvalue weighted by Gasteiger charge is 2.20. The van der Waals surface area contributed by atoms with Gasteiger partial charge in [-0.1, -0.05) is 81.1 Å². The van der Waals surface area contributed by atoms with E-state index in [2.05, 4.69) is 40.9 Å². The van der Waals surface area contributed by atoms with Crippen molar-refractivity contribution in [2.75, 3.05) is 20.4 Å². The average Bonchev–Trinajstić information content (AvgIpc) is 3.13. The summed E-state index contributed by atoms with van der Waals surface area (Å²) in [7, 11) is 1.86. The van der Waals surface area contributed by atoms with E-state index in [4.69, 9.17) is 9.53 Å². The smallest absolute Gasteiger partial charge is 0.216 e. The Morgan fingerprint density at radius 2 is 1.75 bits per heavy atom. The quantitative estimate of drug-likeness (QED) is 0.0206. The molecule has 0 heterocycles. The lowest BCUT2D eigenvalue weighted by Crippen LogP contribution is -2.28. The fraction of sp³-hybridized carbons (Fsp3) is 0.316. The molecule has 51 heavy (non-hydrogen) atoms. The van der Waals surface area contributed by atoms with Crippen molar-refractivity contribution in [1.29, 1.82) is 0 Å². The number of ether oxygens (including phenoxy) is 1. The summed E-state index contributed by atoms with van der Waals surface area (Å²) in [5.74, 6) is -4.81. The van der Waals surface area contributed by atoms with Crippen LogP contribution in [0.15, 0.2) is 103 Å². The van der Waals surface area contributed by atoms with Gasteiger partial charge in [0.25, 0.3) is 0 Å². The molecule has 0 aliphatic heterocycles. The zero-order valence-corrected chi connectivity index (χ0v) is 31.2. The molecular weight excluding hydrogens is 685 g/mol. The Kier molecular flexibility index (Phi) is 35.1. The second-order valence-corrected chi connectivity index (χ2v) is 10.9. The van der Waals surface area contributed by atoms with Crippen LogP contribution >= 0.6 is 11.8 Å². The molecule has 0 fully saturated rings. The molecule has 0 bridgehead atoms. The largest absolute Gasteiger partial charge is 0.362 e. The van der Waals surface area contributed by atoms with E-state index in [-0.39, 0.29) is 28.2 Å². The van der Waals surface area contributed by atoms with Gasteiger partial charge in [0.1, 0.15) is 12.6 Å². The fourth-order valence-electron chi connectivity index (χ4n) is 3.20. The predicted molar refractivity (Wildman–Crippen MR) is 203 cm³/mol. The van der Waals surface area contributed by atoms with E-state index >= 15 is 0 Å². The molecule has 2 rings (SSSR count). The van der Waals surface area contributed by atoms with Gasteiger partial charge in [0.2, 0.25) is 12.8 Å². The summed E-state index contributed by atoms with van der Waals surface area (Å²) < 4.78 is 59.4. The minimum Gasteiger partial charge on any atom is -0.362 e. The summed E-state index contributed by atoms with van der Waals surface area (Å²) in [6, 6.07) is 7.28. The van der Waals surface area contributed by atoms with Gasteiger partial charge in [0.05, 0.1) is 25.6 Å². The van der Waals surface area contributed by atoms with Gasteiger partial charge in [-0.2, -0.15) is 0 Å². The molecule has 0 radical (unpaired) electrons. The summed E-state index contributed by atoms with van der Waals surface area (Å²) in [5.41, 5.74) is 1.26. The topological polar surface area (TPSA) is 100 Å². The highest BCUT2D eigenvalue weighted by Crippen LogP contribution is 2.25. The molecule has 282 valence electrons. The lowest BCUT2D eigenvalue weighted by Gasteiger charge is -2.22. The van der Waals surface area contributed by atoms with Gasteiger partial charge in [-0.3, -0.25) is 19.8 Å². The number of carbonyl (C=O) groups is 3.